The minimum absolute atomic E-state index is 0.106. The molecule has 0 saturated carbocycles. The van der Waals surface area contributed by atoms with Crippen molar-refractivity contribution in [2.45, 2.75) is 52.8 Å². The molecule has 1 N–H and O–H groups in total. The molecule has 0 amide bonds. The highest BCUT2D eigenvalue weighted by Crippen LogP contribution is 2.16. The Balaban J connectivity index is 2.71. The Kier molecular flexibility index (Phi) is 5.15. The summed E-state index contributed by atoms with van der Waals surface area (Å²) in [5.74, 6) is 0. The van der Waals surface area contributed by atoms with Gasteiger partial charge in [0.1, 0.15) is 0 Å². The Morgan fingerprint density at radius 1 is 1.41 bits per heavy atom. The summed E-state index contributed by atoms with van der Waals surface area (Å²) in [5.41, 5.74) is 1.09. The standard InChI is InChI=1S/C13H25N3O/c1-6-14-11(10-17-13(3,4)5)12-8-9-15-16(12)7-2/h8-9,11,14H,6-7,10H2,1-5H3. The summed E-state index contributed by atoms with van der Waals surface area (Å²) in [5, 5.41) is 7.75. The van der Waals surface area contributed by atoms with Gasteiger partial charge in [-0.3, -0.25) is 4.68 Å². The molecule has 17 heavy (non-hydrogen) atoms. The first-order chi connectivity index (χ1) is 7.98. The van der Waals surface area contributed by atoms with E-state index in [1.54, 1.807) is 0 Å². The van der Waals surface area contributed by atoms with Gasteiger partial charge in [-0.15, -0.1) is 0 Å². The van der Waals surface area contributed by atoms with E-state index in [0.717, 1.165) is 13.1 Å². The van der Waals surface area contributed by atoms with Crippen molar-refractivity contribution < 1.29 is 4.74 Å². The normalized spacial score (nSPS) is 13.9. The van der Waals surface area contributed by atoms with Crippen LogP contribution in [0.15, 0.2) is 12.3 Å². The zero-order chi connectivity index (χ0) is 12.9. The van der Waals surface area contributed by atoms with E-state index in [2.05, 4.69) is 51.1 Å². The number of ether oxygens (including phenoxy) is 1. The minimum Gasteiger partial charge on any atom is -0.374 e. The quantitative estimate of drug-likeness (QED) is 0.828. The van der Waals surface area contributed by atoms with Gasteiger partial charge in [0, 0.05) is 12.7 Å². The molecule has 0 aliphatic heterocycles. The summed E-state index contributed by atoms with van der Waals surface area (Å²) < 4.78 is 7.88. The molecular formula is C13H25N3O. The van der Waals surface area contributed by atoms with Crippen LogP contribution in [0, 0.1) is 0 Å². The molecule has 0 fully saturated rings. The van der Waals surface area contributed by atoms with Crippen LogP contribution >= 0.6 is 0 Å². The lowest BCUT2D eigenvalue weighted by molar-refractivity contribution is -0.0156. The molecule has 4 heteroatoms. The Morgan fingerprint density at radius 3 is 2.65 bits per heavy atom. The summed E-state index contributed by atoms with van der Waals surface area (Å²) in [6, 6.07) is 2.27. The molecule has 1 unspecified atom stereocenters. The molecule has 0 bridgehead atoms. The summed E-state index contributed by atoms with van der Waals surface area (Å²) in [4.78, 5) is 0. The SMILES string of the molecule is CCNC(COC(C)(C)C)c1ccnn1CC. The number of aromatic nitrogens is 2. The van der Waals surface area contributed by atoms with Gasteiger partial charge in [-0.25, -0.2) is 0 Å². The van der Waals surface area contributed by atoms with Crippen LogP contribution in [0.3, 0.4) is 0 Å². The minimum atomic E-state index is -0.106. The molecule has 0 aliphatic rings. The molecule has 0 radical (unpaired) electrons. The van der Waals surface area contributed by atoms with E-state index >= 15 is 0 Å². The van der Waals surface area contributed by atoms with Gasteiger partial charge in [-0.1, -0.05) is 6.92 Å². The monoisotopic (exact) mass is 239 g/mol. The average Bonchev–Trinajstić information content (AvgIpc) is 2.70. The van der Waals surface area contributed by atoms with Crippen molar-refractivity contribution in [2.75, 3.05) is 13.2 Å². The number of nitrogens with one attached hydrogen (secondary N) is 1. The van der Waals surface area contributed by atoms with Crippen molar-refractivity contribution >= 4 is 0 Å². The number of hydrogen-bond donors (Lipinski definition) is 1. The van der Waals surface area contributed by atoms with Crippen molar-refractivity contribution in [1.29, 1.82) is 0 Å². The van der Waals surface area contributed by atoms with Crippen LogP contribution in [-0.4, -0.2) is 28.5 Å². The fourth-order valence-electron chi connectivity index (χ4n) is 1.73. The van der Waals surface area contributed by atoms with Crippen molar-refractivity contribution in [2.24, 2.45) is 0 Å². The van der Waals surface area contributed by atoms with Crippen LogP contribution < -0.4 is 5.32 Å². The van der Waals surface area contributed by atoms with E-state index in [-0.39, 0.29) is 11.6 Å². The number of aryl methyl sites for hydroxylation is 1. The van der Waals surface area contributed by atoms with Gasteiger partial charge in [-0.05, 0) is 40.3 Å². The third-order valence-corrected chi connectivity index (χ3v) is 2.54. The third kappa shape index (κ3) is 4.48. The first-order valence-corrected chi connectivity index (χ1v) is 6.37. The average molecular weight is 239 g/mol. The van der Waals surface area contributed by atoms with E-state index in [1.807, 2.05) is 10.9 Å². The van der Waals surface area contributed by atoms with Gasteiger partial charge in [0.2, 0.25) is 0 Å². The van der Waals surface area contributed by atoms with Crippen molar-refractivity contribution in [3.8, 4) is 0 Å². The number of rotatable bonds is 6. The van der Waals surface area contributed by atoms with Crippen LogP contribution in [0.1, 0.15) is 46.4 Å². The summed E-state index contributed by atoms with van der Waals surface area (Å²) in [6.07, 6.45) is 1.85. The van der Waals surface area contributed by atoms with Crippen molar-refractivity contribution in [3.63, 3.8) is 0 Å². The van der Waals surface area contributed by atoms with Crippen LogP contribution in [0.2, 0.25) is 0 Å². The lowest BCUT2D eigenvalue weighted by Gasteiger charge is -2.25. The molecule has 1 heterocycles. The third-order valence-electron chi connectivity index (χ3n) is 2.54. The molecule has 0 aromatic carbocycles. The van der Waals surface area contributed by atoms with Crippen LogP contribution in [-0.2, 0) is 11.3 Å². The van der Waals surface area contributed by atoms with Crippen LogP contribution in [0.4, 0.5) is 0 Å². The highest BCUT2D eigenvalue weighted by molar-refractivity contribution is 5.07. The molecule has 1 aromatic heterocycles. The molecule has 0 spiro atoms. The molecule has 0 saturated heterocycles. The van der Waals surface area contributed by atoms with E-state index in [4.69, 9.17) is 4.74 Å². The van der Waals surface area contributed by atoms with Crippen LogP contribution in [0.25, 0.3) is 0 Å². The lowest BCUT2D eigenvalue weighted by Crippen LogP contribution is -2.31. The fourth-order valence-corrected chi connectivity index (χ4v) is 1.73. The Morgan fingerprint density at radius 2 is 2.12 bits per heavy atom. The van der Waals surface area contributed by atoms with Gasteiger partial charge in [0.15, 0.2) is 0 Å². The maximum atomic E-state index is 5.86. The highest BCUT2D eigenvalue weighted by atomic mass is 16.5. The number of hydrogen-bond acceptors (Lipinski definition) is 3. The second-order valence-corrected chi connectivity index (χ2v) is 5.11. The predicted octanol–water partition coefficient (Wildman–Crippen LogP) is 2.37. The largest absolute Gasteiger partial charge is 0.374 e. The molecule has 1 rings (SSSR count). The van der Waals surface area contributed by atoms with Crippen molar-refractivity contribution in [3.05, 3.63) is 18.0 Å². The van der Waals surface area contributed by atoms with Crippen molar-refractivity contribution in [1.82, 2.24) is 15.1 Å². The number of likely N-dealkylation sites (N-methyl/N-ethyl adjacent to an activating group) is 1. The Labute approximate surface area is 104 Å². The van der Waals surface area contributed by atoms with Gasteiger partial charge in [0.25, 0.3) is 0 Å². The fraction of sp³-hybridized carbons (Fsp3) is 0.769. The maximum absolute atomic E-state index is 5.86. The number of nitrogens with zero attached hydrogens (tertiary/aromatic N) is 2. The molecule has 4 nitrogen and oxygen atoms in total. The van der Waals surface area contributed by atoms with E-state index in [9.17, 15) is 0 Å². The molecular weight excluding hydrogens is 214 g/mol. The summed E-state index contributed by atoms with van der Waals surface area (Å²) >= 11 is 0. The molecule has 1 atom stereocenters. The van der Waals surface area contributed by atoms with Gasteiger partial charge < -0.3 is 10.1 Å². The lowest BCUT2D eigenvalue weighted by atomic mass is 10.1. The topological polar surface area (TPSA) is 39.1 Å². The first-order valence-electron chi connectivity index (χ1n) is 6.37. The second-order valence-electron chi connectivity index (χ2n) is 5.11. The molecule has 98 valence electrons. The predicted molar refractivity (Wildman–Crippen MR) is 70.0 cm³/mol. The van der Waals surface area contributed by atoms with Crippen LogP contribution in [0.5, 0.6) is 0 Å². The van der Waals surface area contributed by atoms with Gasteiger partial charge in [0.05, 0.1) is 23.9 Å². The Bertz CT molecular complexity index is 328. The van der Waals surface area contributed by atoms with E-state index < -0.39 is 0 Å². The highest BCUT2D eigenvalue weighted by Gasteiger charge is 2.18. The van der Waals surface area contributed by atoms with E-state index in [0.29, 0.717) is 6.61 Å². The molecule has 0 aliphatic carbocycles. The summed E-state index contributed by atoms with van der Waals surface area (Å²) in [6.45, 7) is 12.9. The zero-order valence-corrected chi connectivity index (χ0v) is 11.7. The zero-order valence-electron chi connectivity index (χ0n) is 11.7. The first kappa shape index (κ1) is 14.2. The van der Waals surface area contributed by atoms with Gasteiger partial charge >= 0.3 is 0 Å². The molecule has 1 aromatic rings. The van der Waals surface area contributed by atoms with E-state index in [1.165, 1.54) is 5.69 Å². The Hall–Kier alpha value is -0.870. The second kappa shape index (κ2) is 6.17. The maximum Gasteiger partial charge on any atom is 0.0729 e. The smallest absolute Gasteiger partial charge is 0.0729 e. The summed E-state index contributed by atoms with van der Waals surface area (Å²) in [7, 11) is 0. The van der Waals surface area contributed by atoms with Gasteiger partial charge in [-0.2, -0.15) is 5.10 Å².